The Kier molecular flexibility index (Phi) is 4.58. The van der Waals surface area contributed by atoms with Gasteiger partial charge in [0.05, 0.1) is 11.9 Å². The molecule has 0 unspecified atom stereocenters. The fraction of sp³-hybridized carbons (Fsp3) is 0.556. The molecule has 0 aliphatic carbocycles. The molecule has 0 amide bonds. The smallest absolute Gasteiger partial charge is 0.224 e. The van der Waals surface area contributed by atoms with Crippen LogP contribution in [0.1, 0.15) is 6.92 Å². The van der Waals surface area contributed by atoms with Crippen LogP contribution in [-0.2, 0) is 0 Å². The van der Waals surface area contributed by atoms with Gasteiger partial charge in [0.25, 0.3) is 0 Å². The normalized spacial score (nSPS) is 10.7. The van der Waals surface area contributed by atoms with E-state index >= 15 is 0 Å². The fourth-order valence-electron chi connectivity index (χ4n) is 1.03. The number of hydrogen-bond donors (Lipinski definition) is 2. The van der Waals surface area contributed by atoms with E-state index in [0.717, 1.165) is 19.6 Å². The predicted octanol–water partition coefficient (Wildman–Crippen LogP) is 1.08. The number of nitrogen functional groups attached to an aromatic ring is 1. The summed E-state index contributed by atoms with van der Waals surface area (Å²) in [5.41, 5.74) is 6.19. The van der Waals surface area contributed by atoms with E-state index in [1.807, 2.05) is 0 Å². The van der Waals surface area contributed by atoms with Gasteiger partial charge < -0.3 is 16.0 Å². The average Bonchev–Trinajstić information content (AvgIpc) is 2.23. The van der Waals surface area contributed by atoms with Gasteiger partial charge in [0.1, 0.15) is 0 Å². The molecule has 1 heterocycles. The molecule has 0 fully saturated rings. The third kappa shape index (κ3) is 3.89. The van der Waals surface area contributed by atoms with E-state index in [1.54, 1.807) is 0 Å². The summed E-state index contributed by atoms with van der Waals surface area (Å²) in [6, 6.07) is 0. The van der Waals surface area contributed by atoms with Crippen molar-refractivity contribution in [2.75, 3.05) is 37.7 Å². The molecule has 3 N–H and O–H groups in total. The Balaban J connectivity index is 2.46. The lowest BCUT2D eigenvalue weighted by molar-refractivity contribution is 0.367. The lowest BCUT2D eigenvalue weighted by atomic mass is 10.4. The van der Waals surface area contributed by atoms with Crippen molar-refractivity contribution in [1.82, 2.24) is 14.9 Å². The summed E-state index contributed by atoms with van der Waals surface area (Å²) in [7, 11) is 2.05. The first kappa shape index (κ1) is 12.0. The van der Waals surface area contributed by atoms with Crippen molar-refractivity contribution >= 4 is 23.1 Å². The van der Waals surface area contributed by atoms with Crippen LogP contribution >= 0.6 is 11.6 Å². The molecule has 0 aliphatic rings. The van der Waals surface area contributed by atoms with Crippen LogP contribution in [0.25, 0.3) is 0 Å². The lowest BCUT2D eigenvalue weighted by Gasteiger charge is -2.14. The van der Waals surface area contributed by atoms with E-state index in [0.29, 0.717) is 11.5 Å². The van der Waals surface area contributed by atoms with Crippen LogP contribution in [0.3, 0.4) is 0 Å². The zero-order valence-electron chi connectivity index (χ0n) is 9.00. The summed E-state index contributed by atoms with van der Waals surface area (Å²) in [4.78, 5) is 9.96. The van der Waals surface area contributed by atoms with Crippen molar-refractivity contribution in [3.63, 3.8) is 0 Å². The summed E-state index contributed by atoms with van der Waals surface area (Å²) in [6.07, 6.45) is 1.50. The van der Waals surface area contributed by atoms with Gasteiger partial charge in [0.15, 0.2) is 5.82 Å². The van der Waals surface area contributed by atoms with Crippen molar-refractivity contribution in [3.8, 4) is 0 Å². The van der Waals surface area contributed by atoms with Gasteiger partial charge in [0.2, 0.25) is 5.28 Å². The quantitative estimate of drug-likeness (QED) is 0.740. The SMILES string of the molecule is CCN(C)CCNc1nc(Cl)ncc1N. The van der Waals surface area contributed by atoms with Crippen molar-refractivity contribution in [2.24, 2.45) is 0 Å². The van der Waals surface area contributed by atoms with Crippen LogP contribution in [-0.4, -0.2) is 41.5 Å². The third-order valence-electron chi connectivity index (χ3n) is 2.11. The van der Waals surface area contributed by atoms with Gasteiger partial charge in [-0.2, -0.15) is 4.98 Å². The second kappa shape index (κ2) is 5.72. The second-order valence-corrected chi connectivity index (χ2v) is 3.60. The highest BCUT2D eigenvalue weighted by atomic mass is 35.5. The number of nitrogens with two attached hydrogens (primary N) is 1. The average molecular weight is 230 g/mol. The van der Waals surface area contributed by atoms with Crippen LogP contribution in [0.4, 0.5) is 11.5 Å². The van der Waals surface area contributed by atoms with Gasteiger partial charge in [-0.3, -0.25) is 0 Å². The summed E-state index contributed by atoms with van der Waals surface area (Å²) in [6.45, 7) is 4.83. The molecule has 1 aromatic heterocycles. The Morgan fingerprint density at radius 2 is 2.33 bits per heavy atom. The molecule has 1 aromatic rings. The number of aromatic nitrogens is 2. The van der Waals surface area contributed by atoms with Crippen molar-refractivity contribution in [1.29, 1.82) is 0 Å². The molecule has 5 nitrogen and oxygen atoms in total. The first-order valence-corrected chi connectivity index (χ1v) is 5.21. The second-order valence-electron chi connectivity index (χ2n) is 3.27. The van der Waals surface area contributed by atoms with Crippen LogP contribution in [0.2, 0.25) is 5.28 Å². The zero-order valence-corrected chi connectivity index (χ0v) is 9.75. The van der Waals surface area contributed by atoms with Gasteiger partial charge in [-0.15, -0.1) is 0 Å². The monoisotopic (exact) mass is 229 g/mol. The molecule has 0 saturated carbocycles. The Hall–Kier alpha value is -1.07. The van der Waals surface area contributed by atoms with Crippen molar-refractivity contribution in [3.05, 3.63) is 11.5 Å². The van der Waals surface area contributed by atoms with E-state index in [1.165, 1.54) is 6.20 Å². The van der Waals surface area contributed by atoms with Crippen LogP contribution < -0.4 is 11.1 Å². The molecule has 0 saturated heterocycles. The number of halogens is 1. The van der Waals surface area contributed by atoms with Gasteiger partial charge >= 0.3 is 0 Å². The van der Waals surface area contributed by atoms with Gasteiger partial charge in [-0.1, -0.05) is 6.92 Å². The number of anilines is 2. The lowest BCUT2D eigenvalue weighted by Crippen LogP contribution is -2.25. The van der Waals surface area contributed by atoms with E-state index in [4.69, 9.17) is 17.3 Å². The standard InChI is InChI=1S/C9H16ClN5/c1-3-15(2)5-4-12-8-7(11)6-13-9(10)14-8/h6H,3-5,11H2,1-2H3,(H,12,13,14). The molecular weight excluding hydrogens is 214 g/mol. The van der Waals surface area contributed by atoms with Gasteiger partial charge in [-0.05, 0) is 25.2 Å². The maximum Gasteiger partial charge on any atom is 0.224 e. The zero-order chi connectivity index (χ0) is 11.3. The minimum absolute atomic E-state index is 0.204. The van der Waals surface area contributed by atoms with E-state index in [-0.39, 0.29) is 5.28 Å². The minimum atomic E-state index is 0.204. The van der Waals surface area contributed by atoms with E-state index in [2.05, 4.69) is 34.2 Å². The Labute approximate surface area is 94.6 Å². The summed E-state index contributed by atoms with van der Waals surface area (Å²) in [5, 5.41) is 3.32. The summed E-state index contributed by atoms with van der Waals surface area (Å²) < 4.78 is 0. The fourth-order valence-corrected chi connectivity index (χ4v) is 1.17. The van der Waals surface area contributed by atoms with Gasteiger partial charge in [0, 0.05) is 13.1 Å². The molecule has 84 valence electrons. The molecule has 0 aromatic carbocycles. The van der Waals surface area contributed by atoms with Crippen LogP contribution in [0.5, 0.6) is 0 Å². The highest BCUT2D eigenvalue weighted by Gasteiger charge is 2.02. The molecule has 1 rings (SSSR count). The first-order chi connectivity index (χ1) is 7.13. The molecule has 0 bridgehead atoms. The minimum Gasteiger partial charge on any atom is -0.394 e. The summed E-state index contributed by atoms with van der Waals surface area (Å²) in [5.74, 6) is 0.597. The number of likely N-dealkylation sites (N-methyl/N-ethyl adjacent to an activating group) is 1. The maximum absolute atomic E-state index is 5.68. The number of nitrogens with zero attached hydrogens (tertiary/aromatic N) is 3. The molecule has 0 radical (unpaired) electrons. The molecule has 0 spiro atoms. The Bertz CT molecular complexity index is 317. The topological polar surface area (TPSA) is 67.1 Å². The van der Waals surface area contributed by atoms with Crippen LogP contribution in [0, 0.1) is 0 Å². The molecule has 0 atom stereocenters. The molecule has 15 heavy (non-hydrogen) atoms. The number of nitrogens with one attached hydrogen (secondary N) is 1. The highest BCUT2D eigenvalue weighted by molar-refractivity contribution is 6.28. The van der Waals surface area contributed by atoms with Gasteiger partial charge in [-0.25, -0.2) is 4.98 Å². The maximum atomic E-state index is 5.68. The van der Waals surface area contributed by atoms with Crippen molar-refractivity contribution in [2.45, 2.75) is 6.92 Å². The first-order valence-electron chi connectivity index (χ1n) is 4.84. The predicted molar refractivity (Wildman–Crippen MR) is 63.1 cm³/mol. The number of rotatable bonds is 5. The molecular formula is C9H16ClN5. The Morgan fingerprint density at radius 1 is 1.60 bits per heavy atom. The highest BCUT2D eigenvalue weighted by Crippen LogP contribution is 2.15. The largest absolute Gasteiger partial charge is 0.394 e. The van der Waals surface area contributed by atoms with Crippen molar-refractivity contribution < 1.29 is 0 Å². The Morgan fingerprint density at radius 3 is 3.00 bits per heavy atom. The third-order valence-corrected chi connectivity index (χ3v) is 2.30. The summed E-state index contributed by atoms with van der Waals surface area (Å²) >= 11 is 5.66. The number of hydrogen-bond acceptors (Lipinski definition) is 5. The molecule has 6 heteroatoms. The van der Waals surface area contributed by atoms with E-state index < -0.39 is 0 Å². The van der Waals surface area contributed by atoms with E-state index in [9.17, 15) is 0 Å². The molecule has 0 aliphatic heterocycles. The van der Waals surface area contributed by atoms with Crippen LogP contribution in [0.15, 0.2) is 6.20 Å².